The summed E-state index contributed by atoms with van der Waals surface area (Å²) in [7, 11) is 0. The average Bonchev–Trinajstić information content (AvgIpc) is 3.51. The Bertz CT molecular complexity index is 1680. The predicted molar refractivity (Wildman–Crippen MR) is 145 cm³/mol. The number of aryl methyl sites for hydroxylation is 1. The van der Waals surface area contributed by atoms with E-state index in [0.717, 1.165) is 20.6 Å². The third-order valence-corrected chi connectivity index (χ3v) is 7.80. The van der Waals surface area contributed by atoms with Gasteiger partial charge in [-0.2, -0.15) is 0 Å². The molecule has 0 bridgehead atoms. The minimum atomic E-state index is -0.706. The molecule has 3 heterocycles. The SMILES string of the molecule is CCc1nnc(N2C(=O)c3oc4ccc(Br)cc4c(=O)c3C2c2ccc(OCc3ccccc3)cc2)s1. The molecule has 5 aromatic rings. The molecule has 0 radical (unpaired) electrons. The Balaban J connectivity index is 1.44. The van der Waals surface area contributed by atoms with Gasteiger partial charge in [0.15, 0.2) is 5.43 Å². The van der Waals surface area contributed by atoms with Crippen molar-refractivity contribution in [1.82, 2.24) is 10.2 Å². The number of benzene rings is 3. The van der Waals surface area contributed by atoms with Gasteiger partial charge < -0.3 is 9.15 Å². The first kappa shape index (κ1) is 23.6. The molecule has 9 heteroatoms. The maximum atomic E-state index is 13.7. The molecule has 0 saturated heterocycles. The highest BCUT2D eigenvalue weighted by Crippen LogP contribution is 2.42. The summed E-state index contributed by atoms with van der Waals surface area (Å²) >= 11 is 4.76. The van der Waals surface area contributed by atoms with Crippen molar-refractivity contribution in [1.29, 1.82) is 0 Å². The molecule has 2 aromatic heterocycles. The molecule has 184 valence electrons. The van der Waals surface area contributed by atoms with Crippen molar-refractivity contribution in [3.05, 3.63) is 115 Å². The summed E-state index contributed by atoms with van der Waals surface area (Å²) in [5.41, 5.74) is 2.21. The van der Waals surface area contributed by atoms with E-state index >= 15 is 0 Å². The van der Waals surface area contributed by atoms with Gasteiger partial charge in [0.05, 0.1) is 17.0 Å². The smallest absolute Gasteiger partial charge is 0.297 e. The largest absolute Gasteiger partial charge is 0.489 e. The number of carbonyl (C=O) groups is 1. The third-order valence-electron chi connectivity index (χ3n) is 6.24. The van der Waals surface area contributed by atoms with Gasteiger partial charge in [0.2, 0.25) is 10.9 Å². The fourth-order valence-corrected chi connectivity index (χ4v) is 5.60. The Labute approximate surface area is 224 Å². The van der Waals surface area contributed by atoms with Crippen LogP contribution < -0.4 is 15.1 Å². The van der Waals surface area contributed by atoms with Crippen molar-refractivity contribution < 1.29 is 13.9 Å². The minimum Gasteiger partial charge on any atom is -0.489 e. The van der Waals surface area contributed by atoms with Gasteiger partial charge in [0.25, 0.3) is 5.91 Å². The van der Waals surface area contributed by atoms with Crippen molar-refractivity contribution in [2.24, 2.45) is 0 Å². The fourth-order valence-electron chi connectivity index (χ4n) is 4.43. The van der Waals surface area contributed by atoms with Crippen LogP contribution in [0.2, 0.25) is 0 Å². The van der Waals surface area contributed by atoms with Crippen LogP contribution in [0.5, 0.6) is 5.75 Å². The number of hydrogen-bond donors (Lipinski definition) is 0. The maximum Gasteiger partial charge on any atom is 0.297 e. The quantitative estimate of drug-likeness (QED) is 0.237. The van der Waals surface area contributed by atoms with Crippen LogP contribution in [-0.2, 0) is 13.0 Å². The van der Waals surface area contributed by atoms with Crippen molar-refractivity contribution in [3.63, 3.8) is 0 Å². The van der Waals surface area contributed by atoms with E-state index in [1.807, 2.05) is 61.5 Å². The van der Waals surface area contributed by atoms with E-state index in [2.05, 4.69) is 26.1 Å². The summed E-state index contributed by atoms with van der Waals surface area (Å²) in [6, 6.07) is 21.8. The molecule has 1 aliphatic rings. The molecule has 1 amide bonds. The first-order chi connectivity index (χ1) is 18.0. The van der Waals surface area contributed by atoms with Crippen molar-refractivity contribution >= 4 is 49.3 Å². The maximum absolute atomic E-state index is 13.7. The summed E-state index contributed by atoms with van der Waals surface area (Å²) in [4.78, 5) is 28.9. The molecule has 1 unspecified atom stereocenters. The lowest BCUT2D eigenvalue weighted by Gasteiger charge is -2.22. The standard InChI is InChI=1S/C28H20BrN3O4S/c1-2-22-30-31-28(37-22)32-24(17-8-11-19(12-9-17)35-15-16-6-4-3-5-7-16)23-25(33)20-14-18(29)10-13-21(20)36-26(23)27(32)34/h3-14,24H,2,15H2,1H3. The number of hydrogen-bond acceptors (Lipinski definition) is 7. The number of fused-ring (bicyclic) bond motifs is 2. The summed E-state index contributed by atoms with van der Waals surface area (Å²) in [6.07, 6.45) is 0.694. The van der Waals surface area contributed by atoms with Crippen molar-refractivity contribution in [2.45, 2.75) is 26.0 Å². The predicted octanol–water partition coefficient (Wildman–Crippen LogP) is 6.30. The molecule has 1 aliphatic heterocycles. The van der Waals surface area contributed by atoms with Gasteiger partial charge in [-0.1, -0.05) is 76.7 Å². The molecule has 0 fully saturated rings. The highest BCUT2D eigenvalue weighted by Gasteiger charge is 2.45. The van der Waals surface area contributed by atoms with Crippen molar-refractivity contribution in [2.75, 3.05) is 4.90 Å². The number of carbonyl (C=O) groups excluding carboxylic acids is 1. The van der Waals surface area contributed by atoms with Crippen LogP contribution in [0.4, 0.5) is 5.13 Å². The molecular formula is C28H20BrN3O4S. The highest BCUT2D eigenvalue weighted by molar-refractivity contribution is 9.10. The zero-order chi connectivity index (χ0) is 25.5. The van der Waals surface area contributed by atoms with Crippen LogP contribution >= 0.6 is 27.3 Å². The Morgan fingerprint density at radius 1 is 1.03 bits per heavy atom. The number of ether oxygens (including phenoxy) is 1. The number of nitrogens with zero attached hydrogens (tertiary/aromatic N) is 3. The van der Waals surface area contributed by atoms with E-state index < -0.39 is 11.9 Å². The zero-order valence-corrected chi connectivity index (χ0v) is 22.1. The summed E-state index contributed by atoms with van der Waals surface area (Å²) in [5, 5.41) is 10.1. The average molecular weight is 574 g/mol. The van der Waals surface area contributed by atoms with Crippen LogP contribution in [0.3, 0.4) is 0 Å². The first-order valence-electron chi connectivity index (χ1n) is 11.7. The van der Waals surface area contributed by atoms with Gasteiger partial charge in [0, 0.05) is 4.47 Å². The van der Waals surface area contributed by atoms with Gasteiger partial charge in [-0.3, -0.25) is 14.5 Å². The second-order valence-corrected chi connectivity index (χ2v) is 10.5. The van der Waals surface area contributed by atoms with E-state index in [4.69, 9.17) is 9.15 Å². The van der Waals surface area contributed by atoms with E-state index in [-0.39, 0.29) is 11.2 Å². The Morgan fingerprint density at radius 2 is 1.81 bits per heavy atom. The second kappa shape index (κ2) is 9.57. The molecule has 6 rings (SSSR count). The van der Waals surface area contributed by atoms with E-state index in [1.54, 1.807) is 18.2 Å². The molecule has 3 aromatic carbocycles. The number of anilines is 1. The van der Waals surface area contributed by atoms with Crippen LogP contribution in [0, 0.1) is 0 Å². The number of rotatable bonds is 6. The zero-order valence-electron chi connectivity index (χ0n) is 19.7. The molecule has 7 nitrogen and oxygen atoms in total. The van der Waals surface area contributed by atoms with Crippen LogP contribution in [0.15, 0.2) is 86.5 Å². The van der Waals surface area contributed by atoms with Crippen LogP contribution in [0.1, 0.15) is 45.2 Å². The second-order valence-electron chi connectivity index (χ2n) is 8.57. The summed E-state index contributed by atoms with van der Waals surface area (Å²) in [5.74, 6) is 0.301. The van der Waals surface area contributed by atoms with Gasteiger partial charge >= 0.3 is 0 Å². The highest BCUT2D eigenvalue weighted by atomic mass is 79.9. The normalized spacial score (nSPS) is 14.8. The molecule has 0 N–H and O–H groups in total. The minimum absolute atomic E-state index is 0.0301. The molecule has 37 heavy (non-hydrogen) atoms. The summed E-state index contributed by atoms with van der Waals surface area (Å²) in [6.45, 7) is 2.41. The monoisotopic (exact) mass is 573 g/mol. The third kappa shape index (κ3) is 4.24. The molecular weight excluding hydrogens is 554 g/mol. The Morgan fingerprint density at radius 3 is 2.54 bits per heavy atom. The lowest BCUT2D eigenvalue weighted by atomic mass is 9.98. The number of aromatic nitrogens is 2. The lowest BCUT2D eigenvalue weighted by molar-refractivity contribution is 0.0970. The lowest BCUT2D eigenvalue weighted by Crippen LogP contribution is -2.29. The van der Waals surface area contributed by atoms with Crippen LogP contribution in [-0.4, -0.2) is 16.1 Å². The van der Waals surface area contributed by atoms with Gasteiger partial charge in [0.1, 0.15) is 22.9 Å². The number of amides is 1. The van der Waals surface area contributed by atoms with Gasteiger partial charge in [-0.15, -0.1) is 10.2 Å². The molecule has 1 atom stereocenters. The van der Waals surface area contributed by atoms with Crippen LogP contribution in [0.25, 0.3) is 11.0 Å². The van der Waals surface area contributed by atoms with Crippen molar-refractivity contribution in [3.8, 4) is 5.75 Å². The Hall–Kier alpha value is -3.82. The molecule has 0 spiro atoms. The first-order valence-corrected chi connectivity index (χ1v) is 13.3. The fraction of sp³-hybridized carbons (Fsp3) is 0.143. The Kier molecular flexibility index (Phi) is 6.10. The number of halogens is 1. The molecule has 0 saturated carbocycles. The molecule has 0 aliphatic carbocycles. The van der Waals surface area contributed by atoms with E-state index in [0.29, 0.717) is 40.4 Å². The topological polar surface area (TPSA) is 85.5 Å². The van der Waals surface area contributed by atoms with Gasteiger partial charge in [-0.05, 0) is 47.9 Å². The van der Waals surface area contributed by atoms with Gasteiger partial charge in [-0.25, -0.2) is 0 Å². The van der Waals surface area contributed by atoms with E-state index in [9.17, 15) is 9.59 Å². The van der Waals surface area contributed by atoms with E-state index in [1.165, 1.54) is 16.2 Å². The summed E-state index contributed by atoms with van der Waals surface area (Å²) < 4.78 is 12.7.